The Morgan fingerprint density at radius 1 is 1.29 bits per heavy atom. The molecule has 1 saturated carbocycles. The molecule has 0 heteroatoms. The van der Waals surface area contributed by atoms with E-state index < -0.39 is 0 Å². The predicted octanol–water partition coefficient (Wildman–Crippen LogP) is 5.47. The van der Waals surface area contributed by atoms with E-state index in [1.165, 1.54) is 12.0 Å². The minimum atomic E-state index is 0.756. The molecule has 1 fully saturated rings. The Kier molecular flexibility index (Phi) is 8.13. The number of fused-ring (bicyclic) bond motifs is 1. The molecule has 0 aromatic rings. The van der Waals surface area contributed by atoms with Crippen molar-refractivity contribution in [2.24, 2.45) is 11.8 Å². The van der Waals surface area contributed by atoms with Crippen LogP contribution in [0.25, 0.3) is 0 Å². The van der Waals surface area contributed by atoms with Crippen LogP contribution in [0.15, 0.2) is 60.8 Å². The van der Waals surface area contributed by atoms with E-state index >= 15 is 0 Å². The summed E-state index contributed by atoms with van der Waals surface area (Å²) in [5, 5.41) is 0. The molecule has 0 radical (unpaired) electrons. The van der Waals surface area contributed by atoms with Crippen LogP contribution in [-0.2, 0) is 0 Å². The van der Waals surface area contributed by atoms with Crippen LogP contribution < -0.4 is 0 Å². The molecule has 94 valence electrons. The zero-order valence-electron chi connectivity index (χ0n) is 11.7. The Morgan fingerprint density at radius 3 is 2.53 bits per heavy atom. The van der Waals surface area contributed by atoms with Gasteiger partial charge in [0.05, 0.1) is 0 Å². The molecule has 0 nitrogen and oxygen atoms in total. The van der Waals surface area contributed by atoms with Crippen molar-refractivity contribution in [1.29, 1.82) is 0 Å². The van der Waals surface area contributed by atoms with Gasteiger partial charge in [-0.05, 0) is 29.4 Å². The second kappa shape index (κ2) is 8.81. The molecular weight excluding hydrogens is 204 g/mol. The summed E-state index contributed by atoms with van der Waals surface area (Å²) in [4.78, 5) is 0. The van der Waals surface area contributed by atoms with Gasteiger partial charge in [-0.25, -0.2) is 0 Å². The van der Waals surface area contributed by atoms with E-state index in [9.17, 15) is 0 Å². The van der Waals surface area contributed by atoms with Gasteiger partial charge in [0.1, 0.15) is 0 Å². The summed E-state index contributed by atoms with van der Waals surface area (Å²) in [6.45, 7) is 15.7. The molecule has 2 aliphatic carbocycles. The Labute approximate surface area is 107 Å². The topological polar surface area (TPSA) is 0 Å². The van der Waals surface area contributed by atoms with Crippen molar-refractivity contribution >= 4 is 0 Å². The summed E-state index contributed by atoms with van der Waals surface area (Å²) in [5.74, 6) is 1.56. The molecule has 0 saturated heterocycles. The third kappa shape index (κ3) is 4.60. The average molecular weight is 230 g/mol. The zero-order chi connectivity index (χ0) is 13.3. The van der Waals surface area contributed by atoms with Gasteiger partial charge in [0.15, 0.2) is 0 Å². The molecule has 17 heavy (non-hydrogen) atoms. The van der Waals surface area contributed by atoms with Gasteiger partial charge < -0.3 is 0 Å². The SMILES string of the molecule is C=C/C=C\C(=C)C1=CC=CC2CC12.CC.CC. The van der Waals surface area contributed by atoms with E-state index in [0.717, 1.165) is 17.4 Å². The van der Waals surface area contributed by atoms with E-state index in [4.69, 9.17) is 0 Å². The lowest BCUT2D eigenvalue weighted by Gasteiger charge is -2.07. The second-order valence-electron chi connectivity index (χ2n) is 3.63. The molecule has 0 bridgehead atoms. The Balaban J connectivity index is 0.000000581. The summed E-state index contributed by atoms with van der Waals surface area (Å²) in [7, 11) is 0. The zero-order valence-corrected chi connectivity index (χ0v) is 11.7. The molecule has 2 rings (SSSR count). The molecule has 2 atom stereocenters. The van der Waals surface area contributed by atoms with Gasteiger partial charge in [-0.2, -0.15) is 0 Å². The van der Waals surface area contributed by atoms with Crippen LogP contribution >= 0.6 is 0 Å². The van der Waals surface area contributed by atoms with Gasteiger partial charge in [0, 0.05) is 0 Å². The normalized spacial score (nSPS) is 23.4. The van der Waals surface area contributed by atoms with Crippen molar-refractivity contribution in [2.75, 3.05) is 0 Å². The Bertz CT molecular complexity index is 326. The minimum absolute atomic E-state index is 0.756. The highest BCUT2D eigenvalue weighted by atomic mass is 14.4. The van der Waals surface area contributed by atoms with Crippen LogP contribution in [0.5, 0.6) is 0 Å². The molecule has 0 aliphatic heterocycles. The monoisotopic (exact) mass is 230 g/mol. The quantitative estimate of drug-likeness (QED) is 0.564. The number of rotatable bonds is 3. The van der Waals surface area contributed by atoms with E-state index in [0.29, 0.717) is 0 Å². The first-order valence-electron chi connectivity index (χ1n) is 6.69. The Morgan fingerprint density at radius 2 is 1.94 bits per heavy atom. The first-order chi connectivity index (χ1) is 8.33. The van der Waals surface area contributed by atoms with Gasteiger partial charge >= 0.3 is 0 Å². The van der Waals surface area contributed by atoms with Gasteiger partial charge in [-0.1, -0.05) is 77.3 Å². The molecule has 2 unspecified atom stereocenters. The van der Waals surface area contributed by atoms with Crippen LogP contribution in [0.1, 0.15) is 34.1 Å². The van der Waals surface area contributed by atoms with Crippen molar-refractivity contribution in [3.63, 3.8) is 0 Å². The summed E-state index contributed by atoms with van der Waals surface area (Å²) in [6, 6.07) is 0. The lowest BCUT2D eigenvalue weighted by Crippen LogP contribution is -1.93. The largest absolute Gasteiger partial charge is 0.0991 e. The van der Waals surface area contributed by atoms with Gasteiger partial charge in [0.25, 0.3) is 0 Å². The summed E-state index contributed by atoms with van der Waals surface area (Å²) >= 11 is 0. The lowest BCUT2D eigenvalue weighted by molar-refractivity contribution is 0.927. The molecule has 0 aromatic heterocycles. The fourth-order valence-corrected chi connectivity index (χ4v) is 1.84. The maximum absolute atomic E-state index is 4.06. The van der Waals surface area contributed by atoms with Crippen LogP contribution in [-0.4, -0.2) is 0 Å². The van der Waals surface area contributed by atoms with Crippen LogP contribution in [0.3, 0.4) is 0 Å². The van der Waals surface area contributed by atoms with Crippen molar-refractivity contribution < 1.29 is 0 Å². The van der Waals surface area contributed by atoms with Gasteiger partial charge in [0.2, 0.25) is 0 Å². The van der Waals surface area contributed by atoms with Crippen LogP contribution in [0, 0.1) is 11.8 Å². The average Bonchev–Trinajstić information content (AvgIpc) is 3.19. The van der Waals surface area contributed by atoms with Gasteiger partial charge in [-0.15, -0.1) is 0 Å². The molecular formula is C17H26. The van der Waals surface area contributed by atoms with Crippen molar-refractivity contribution in [2.45, 2.75) is 34.1 Å². The van der Waals surface area contributed by atoms with Crippen LogP contribution in [0.2, 0.25) is 0 Å². The van der Waals surface area contributed by atoms with E-state index in [1.807, 2.05) is 39.8 Å². The number of hydrogen-bond acceptors (Lipinski definition) is 0. The number of allylic oxidation sites excluding steroid dienone is 8. The number of hydrogen-bond donors (Lipinski definition) is 0. The van der Waals surface area contributed by atoms with Crippen molar-refractivity contribution in [3.05, 3.63) is 60.8 Å². The predicted molar refractivity (Wildman–Crippen MR) is 80.0 cm³/mol. The third-order valence-electron chi connectivity index (χ3n) is 2.68. The summed E-state index contributed by atoms with van der Waals surface area (Å²) in [5.41, 5.74) is 2.54. The van der Waals surface area contributed by atoms with E-state index in [2.05, 4.69) is 31.4 Å². The van der Waals surface area contributed by atoms with Crippen LogP contribution in [0.4, 0.5) is 0 Å². The minimum Gasteiger partial charge on any atom is -0.0991 e. The maximum atomic E-state index is 4.06. The summed E-state index contributed by atoms with van der Waals surface area (Å²) < 4.78 is 0. The molecule has 0 N–H and O–H groups in total. The van der Waals surface area contributed by atoms with E-state index in [1.54, 1.807) is 6.08 Å². The molecule has 0 spiro atoms. The standard InChI is InChI=1S/C13H14.2C2H6/c1-3-4-6-10(2)12-8-5-7-11-9-13(11)12;2*1-2/h3-8,11,13H,1-2,9H2;2*1-2H3/b6-4-;;. The molecule has 0 aromatic carbocycles. The summed E-state index contributed by atoms with van der Waals surface area (Å²) in [6.07, 6.45) is 13.7. The molecule has 2 aliphatic rings. The lowest BCUT2D eigenvalue weighted by atomic mass is 9.97. The Hall–Kier alpha value is -1.30. The fraction of sp³-hybridized carbons (Fsp3) is 0.412. The highest BCUT2D eigenvalue weighted by Crippen LogP contribution is 2.49. The second-order valence-corrected chi connectivity index (χ2v) is 3.63. The molecule has 0 heterocycles. The van der Waals surface area contributed by atoms with Gasteiger partial charge in [-0.3, -0.25) is 0 Å². The highest BCUT2D eigenvalue weighted by molar-refractivity contribution is 5.47. The third-order valence-corrected chi connectivity index (χ3v) is 2.68. The maximum Gasteiger partial charge on any atom is -0.00871 e. The fourth-order valence-electron chi connectivity index (χ4n) is 1.84. The van der Waals surface area contributed by atoms with E-state index in [-0.39, 0.29) is 0 Å². The first-order valence-corrected chi connectivity index (χ1v) is 6.69. The smallest absolute Gasteiger partial charge is 0.00871 e. The van der Waals surface area contributed by atoms with Crippen molar-refractivity contribution in [3.8, 4) is 0 Å². The van der Waals surface area contributed by atoms with Crippen molar-refractivity contribution in [1.82, 2.24) is 0 Å². The molecule has 0 amide bonds. The highest BCUT2D eigenvalue weighted by Gasteiger charge is 2.39. The first kappa shape index (κ1) is 15.7.